The Kier molecular flexibility index (Phi) is 4.86. The van der Waals surface area contributed by atoms with Crippen molar-refractivity contribution in [1.82, 2.24) is 10.2 Å². The molecular weight excluding hydrogens is 140 g/mol. The van der Waals surface area contributed by atoms with E-state index in [1.807, 2.05) is 18.9 Å². The summed E-state index contributed by atoms with van der Waals surface area (Å²) in [7, 11) is 1.86. The highest BCUT2D eigenvalue weighted by Crippen LogP contribution is 1.97. The molecule has 1 amide bonds. The minimum absolute atomic E-state index is 0.133. The first-order valence-corrected chi connectivity index (χ1v) is 4.08. The summed E-state index contributed by atoms with van der Waals surface area (Å²) in [5, 5.41) is 3.04. The fraction of sp³-hybridized carbons (Fsp3) is 0.875. The van der Waals surface area contributed by atoms with E-state index in [2.05, 4.69) is 12.2 Å². The first-order chi connectivity index (χ1) is 5.13. The summed E-state index contributed by atoms with van der Waals surface area (Å²) in [5.41, 5.74) is 0. The average molecular weight is 158 g/mol. The molecule has 0 spiro atoms. The zero-order valence-corrected chi connectivity index (χ0v) is 7.85. The maximum atomic E-state index is 11.0. The number of nitrogens with one attached hydrogen (secondary N) is 1. The van der Waals surface area contributed by atoms with E-state index in [4.69, 9.17) is 0 Å². The monoisotopic (exact) mass is 158 g/mol. The van der Waals surface area contributed by atoms with Crippen LogP contribution in [0.25, 0.3) is 0 Å². The largest absolute Gasteiger partial charge is 0.328 e. The normalized spacial score (nSPS) is 12.7. The summed E-state index contributed by atoms with van der Waals surface area (Å²) < 4.78 is 0. The molecule has 1 unspecified atom stereocenters. The molecular formula is C8H18N2O. The van der Waals surface area contributed by atoms with E-state index in [1.165, 1.54) is 0 Å². The van der Waals surface area contributed by atoms with Gasteiger partial charge in [0.15, 0.2) is 0 Å². The Morgan fingerprint density at radius 1 is 1.64 bits per heavy atom. The van der Waals surface area contributed by atoms with Gasteiger partial charge in [-0.3, -0.25) is 4.79 Å². The van der Waals surface area contributed by atoms with Crippen molar-refractivity contribution < 1.29 is 4.79 Å². The first-order valence-electron chi connectivity index (χ1n) is 4.08. The van der Waals surface area contributed by atoms with Gasteiger partial charge in [-0.25, -0.2) is 0 Å². The van der Waals surface area contributed by atoms with E-state index in [0.717, 1.165) is 13.0 Å². The molecule has 11 heavy (non-hydrogen) atoms. The lowest BCUT2D eigenvalue weighted by molar-refractivity contribution is -0.131. The van der Waals surface area contributed by atoms with Crippen LogP contribution in [0.3, 0.4) is 0 Å². The molecule has 66 valence electrons. The van der Waals surface area contributed by atoms with Crippen LogP contribution < -0.4 is 5.32 Å². The Labute approximate surface area is 68.8 Å². The van der Waals surface area contributed by atoms with Crippen molar-refractivity contribution in [3.63, 3.8) is 0 Å². The van der Waals surface area contributed by atoms with Crippen molar-refractivity contribution >= 4 is 5.91 Å². The summed E-state index contributed by atoms with van der Waals surface area (Å²) in [5.74, 6) is 0.133. The molecule has 1 atom stereocenters. The molecule has 0 aromatic carbocycles. The Bertz CT molecular complexity index is 125. The smallest absolute Gasteiger partial charge is 0.220 e. The van der Waals surface area contributed by atoms with Crippen molar-refractivity contribution in [3.05, 3.63) is 0 Å². The molecule has 0 rings (SSSR count). The van der Waals surface area contributed by atoms with Gasteiger partial charge in [-0.05, 0) is 20.4 Å². The minimum Gasteiger partial charge on any atom is -0.328 e. The SMILES string of the molecule is CCCN(C(C)=O)C(C)NC. The number of hydrogen-bond donors (Lipinski definition) is 1. The zero-order valence-electron chi connectivity index (χ0n) is 7.85. The number of nitrogens with zero attached hydrogens (tertiary/aromatic N) is 1. The third kappa shape index (κ3) is 3.37. The van der Waals surface area contributed by atoms with Gasteiger partial charge in [-0.2, -0.15) is 0 Å². The molecule has 0 aliphatic heterocycles. The molecule has 0 aromatic heterocycles. The molecule has 0 aliphatic carbocycles. The Balaban J connectivity index is 3.97. The van der Waals surface area contributed by atoms with E-state index in [-0.39, 0.29) is 12.1 Å². The van der Waals surface area contributed by atoms with Crippen molar-refractivity contribution in [2.45, 2.75) is 33.4 Å². The third-order valence-corrected chi connectivity index (χ3v) is 1.75. The summed E-state index contributed by atoms with van der Waals surface area (Å²) in [6.07, 6.45) is 1.15. The van der Waals surface area contributed by atoms with Gasteiger partial charge in [-0.15, -0.1) is 0 Å². The molecule has 0 fully saturated rings. The Hall–Kier alpha value is -0.570. The Morgan fingerprint density at radius 2 is 2.18 bits per heavy atom. The molecule has 0 bridgehead atoms. The maximum absolute atomic E-state index is 11.0. The van der Waals surface area contributed by atoms with Crippen molar-refractivity contribution in [2.75, 3.05) is 13.6 Å². The number of hydrogen-bond acceptors (Lipinski definition) is 2. The van der Waals surface area contributed by atoms with E-state index in [9.17, 15) is 4.79 Å². The molecule has 3 nitrogen and oxygen atoms in total. The molecule has 0 heterocycles. The van der Waals surface area contributed by atoms with Gasteiger partial charge < -0.3 is 10.2 Å². The molecule has 0 aromatic rings. The van der Waals surface area contributed by atoms with Crippen LogP contribution in [-0.4, -0.2) is 30.6 Å². The standard InChI is InChI=1S/C8H18N2O/c1-5-6-10(8(3)11)7(2)9-4/h7,9H,5-6H2,1-4H3. The summed E-state index contributed by atoms with van der Waals surface area (Å²) in [4.78, 5) is 12.8. The highest BCUT2D eigenvalue weighted by atomic mass is 16.2. The van der Waals surface area contributed by atoms with E-state index in [1.54, 1.807) is 6.92 Å². The molecule has 0 radical (unpaired) electrons. The van der Waals surface area contributed by atoms with Gasteiger partial charge in [0.2, 0.25) is 5.91 Å². The lowest BCUT2D eigenvalue weighted by atomic mass is 10.3. The van der Waals surface area contributed by atoms with Gasteiger partial charge >= 0.3 is 0 Å². The van der Waals surface area contributed by atoms with Crippen LogP contribution in [0.15, 0.2) is 0 Å². The summed E-state index contributed by atoms with van der Waals surface area (Å²) >= 11 is 0. The molecule has 1 N–H and O–H groups in total. The Morgan fingerprint density at radius 3 is 2.45 bits per heavy atom. The second kappa shape index (κ2) is 5.13. The maximum Gasteiger partial charge on any atom is 0.220 e. The average Bonchev–Trinajstić information content (AvgIpc) is 1.98. The summed E-state index contributed by atoms with van der Waals surface area (Å²) in [6.45, 7) is 6.48. The number of rotatable bonds is 4. The zero-order chi connectivity index (χ0) is 8.85. The van der Waals surface area contributed by atoms with Crippen LogP contribution in [0, 0.1) is 0 Å². The topological polar surface area (TPSA) is 32.3 Å². The van der Waals surface area contributed by atoms with E-state index in [0.29, 0.717) is 0 Å². The molecule has 0 aliphatic rings. The van der Waals surface area contributed by atoms with E-state index < -0.39 is 0 Å². The second-order valence-electron chi connectivity index (χ2n) is 2.68. The summed E-state index contributed by atoms with van der Waals surface area (Å²) in [6, 6.07) is 0. The minimum atomic E-state index is 0.133. The van der Waals surface area contributed by atoms with Crippen LogP contribution in [0.4, 0.5) is 0 Å². The van der Waals surface area contributed by atoms with Crippen LogP contribution in [0.5, 0.6) is 0 Å². The number of carbonyl (C=O) groups is 1. The van der Waals surface area contributed by atoms with Crippen LogP contribution >= 0.6 is 0 Å². The van der Waals surface area contributed by atoms with Gasteiger partial charge in [0, 0.05) is 13.5 Å². The predicted molar refractivity (Wildman–Crippen MR) is 46.2 cm³/mol. The number of carbonyl (C=O) groups excluding carboxylic acids is 1. The van der Waals surface area contributed by atoms with Gasteiger partial charge in [-0.1, -0.05) is 6.92 Å². The molecule has 0 saturated carbocycles. The molecule has 0 saturated heterocycles. The van der Waals surface area contributed by atoms with Crippen molar-refractivity contribution in [3.8, 4) is 0 Å². The third-order valence-electron chi connectivity index (χ3n) is 1.75. The van der Waals surface area contributed by atoms with Gasteiger partial charge in [0.1, 0.15) is 0 Å². The quantitative estimate of drug-likeness (QED) is 0.614. The highest BCUT2D eigenvalue weighted by Gasteiger charge is 2.12. The fourth-order valence-electron chi connectivity index (χ4n) is 1.02. The number of amides is 1. The lowest BCUT2D eigenvalue weighted by Crippen LogP contribution is -2.44. The lowest BCUT2D eigenvalue weighted by Gasteiger charge is -2.27. The van der Waals surface area contributed by atoms with Gasteiger partial charge in [0.25, 0.3) is 0 Å². The van der Waals surface area contributed by atoms with Crippen molar-refractivity contribution in [2.24, 2.45) is 0 Å². The van der Waals surface area contributed by atoms with E-state index >= 15 is 0 Å². The van der Waals surface area contributed by atoms with Crippen LogP contribution in [0.1, 0.15) is 27.2 Å². The molecule has 3 heteroatoms. The van der Waals surface area contributed by atoms with Crippen LogP contribution in [-0.2, 0) is 4.79 Å². The van der Waals surface area contributed by atoms with Crippen molar-refractivity contribution in [1.29, 1.82) is 0 Å². The van der Waals surface area contributed by atoms with Crippen LogP contribution in [0.2, 0.25) is 0 Å². The first kappa shape index (κ1) is 10.4. The van der Waals surface area contributed by atoms with Gasteiger partial charge in [0.05, 0.1) is 6.17 Å². The highest BCUT2D eigenvalue weighted by molar-refractivity contribution is 5.73. The fourth-order valence-corrected chi connectivity index (χ4v) is 1.02. The predicted octanol–water partition coefficient (Wildman–Crippen LogP) is 0.810. The second-order valence-corrected chi connectivity index (χ2v) is 2.68.